The number of aromatic nitrogens is 1. The predicted octanol–water partition coefficient (Wildman–Crippen LogP) is 0.954. The van der Waals surface area contributed by atoms with E-state index in [1.54, 1.807) is 0 Å². The van der Waals surface area contributed by atoms with Crippen molar-refractivity contribution in [1.82, 2.24) is 4.98 Å². The normalized spacial score (nSPS) is 9.33. The quantitative estimate of drug-likeness (QED) is 0.669. The van der Waals surface area contributed by atoms with Gasteiger partial charge in [0.15, 0.2) is 0 Å². The molecule has 0 aliphatic carbocycles. The first-order chi connectivity index (χ1) is 5.86. The van der Waals surface area contributed by atoms with Gasteiger partial charge in [0.2, 0.25) is 0 Å². The maximum absolute atomic E-state index is 5.38. The molecule has 1 heterocycles. The minimum Gasteiger partial charge on any atom is -0.330 e. The highest BCUT2D eigenvalue weighted by Gasteiger charge is 1.92. The molecule has 2 nitrogen and oxygen atoms in total. The maximum Gasteiger partial charge on any atom is 0.112 e. The Labute approximate surface area is 72.8 Å². The topological polar surface area (TPSA) is 38.9 Å². The van der Waals surface area contributed by atoms with Crippen molar-refractivity contribution >= 4 is 0 Å². The standard InChI is InChI=1S/C10H12N2/c1-2-10-6-5-9(8-12-10)4-3-7-11/h1,5-6,8H,3-4,7,11H2. The van der Waals surface area contributed by atoms with Crippen LogP contribution in [-0.4, -0.2) is 11.5 Å². The fourth-order valence-electron chi connectivity index (χ4n) is 0.964. The van der Waals surface area contributed by atoms with Gasteiger partial charge >= 0.3 is 0 Å². The van der Waals surface area contributed by atoms with Crippen LogP contribution in [0.25, 0.3) is 0 Å². The number of hydrogen-bond donors (Lipinski definition) is 1. The summed E-state index contributed by atoms with van der Waals surface area (Å²) in [5, 5.41) is 0. The predicted molar refractivity (Wildman–Crippen MR) is 49.5 cm³/mol. The Balaban J connectivity index is 2.60. The molecule has 0 aromatic carbocycles. The first kappa shape index (κ1) is 8.76. The van der Waals surface area contributed by atoms with Gasteiger partial charge in [-0.3, -0.25) is 0 Å². The average molecular weight is 160 g/mol. The van der Waals surface area contributed by atoms with Gasteiger partial charge in [-0.25, -0.2) is 4.98 Å². The summed E-state index contributed by atoms with van der Waals surface area (Å²) in [5.74, 6) is 2.47. The zero-order valence-electron chi connectivity index (χ0n) is 6.96. The molecule has 12 heavy (non-hydrogen) atoms. The van der Waals surface area contributed by atoms with Crippen LogP contribution in [0.4, 0.5) is 0 Å². The number of rotatable bonds is 3. The lowest BCUT2D eigenvalue weighted by atomic mass is 10.1. The number of hydrogen-bond acceptors (Lipinski definition) is 2. The van der Waals surface area contributed by atoms with Gasteiger partial charge in [-0.1, -0.05) is 12.0 Å². The largest absolute Gasteiger partial charge is 0.330 e. The summed E-state index contributed by atoms with van der Waals surface area (Å²) in [6.45, 7) is 0.719. The highest BCUT2D eigenvalue weighted by atomic mass is 14.7. The molecule has 0 bridgehead atoms. The van der Waals surface area contributed by atoms with E-state index in [4.69, 9.17) is 12.2 Å². The fourth-order valence-corrected chi connectivity index (χ4v) is 0.964. The van der Waals surface area contributed by atoms with E-state index >= 15 is 0 Å². The van der Waals surface area contributed by atoms with Crippen molar-refractivity contribution in [3.8, 4) is 12.3 Å². The van der Waals surface area contributed by atoms with Gasteiger partial charge in [0.05, 0.1) is 0 Å². The summed E-state index contributed by atoms with van der Waals surface area (Å²) in [5.41, 5.74) is 7.26. The lowest BCUT2D eigenvalue weighted by Gasteiger charge is -1.97. The maximum atomic E-state index is 5.38. The molecule has 0 fully saturated rings. The van der Waals surface area contributed by atoms with Crippen molar-refractivity contribution in [2.45, 2.75) is 12.8 Å². The minimum absolute atomic E-state index is 0.687. The zero-order valence-corrected chi connectivity index (χ0v) is 6.96. The van der Waals surface area contributed by atoms with Gasteiger partial charge in [-0.05, 0) is 31.0 Å². The smallest absolute Gasteiger partial charge is 0.112 e. The third-order valence-corrected chi connectivity index (χ3v) is 1.64. The Morgan fingerprint density at radius 2 is 2.33 bits per heavy atom. The Kier molecular flexibility index (Phi) is 3.31. The summed E-state index contributed by atoms with van der Waals surface area (Å²) < 4.78 is 0. The summed E-state index contributed by atoms with van der Waals surface area (Å²) in [7, 11) is 0. The second-order valence-electron chi connectivity index (χ2n) is 2.59. The van der Waals surface area contributed by atoms with E-state index in [2.05, 4.69) is 10.9 Å². The number of terminal acetylenes is 1. The van der Waals surface area contributed by atoms with Crippen LogP contribution in [0.2, 0.25) is 0 Å². The van der Waals surface area contributed by atoms with E-state index in [1.165, 1.54) is 5.56 Å². The Hall–Kier alpha value is -1.33. The van der Waals surface area contributed by atoms with Crippen LogP contribution in [0.3, 0.4) is 0 Å². The molecule has 0 amide bonds. The van der Waals surface area contributed by atoms with E-state index in [0.29, 0.717) is 5.69 Å². The van der Waals surface area contributed by atoms with Gasteiger partial charge in [0.25, 0.3) is 0 Å². The third-order valence-electron chi connectivity index (χ3n) is 1.64. The summed E-state index contributed by atoms with van der Waals surface area (Å²) in [6, 6.07) is 3.85. The van der Waals surface area contributed by atoms with Crippen LogP contribution in [0, 0.1) is 12.3 Å². The first-order valence-electron chi connectivity index (χ1n) is 3.98. The van der Waals surface area contributed by atoms with E-state index in [0.717, 1.165) is 19.4 Å². The van der Waals surface area contributed by atoms with E-state index in [-0.39, 0.29) is 0 Å². The van der Waals surface area contributed by atoms with Crippen LogP contribution in [0.1, 0.15) is 17.7 Å². The number of aryl methyl sites for hydroxylation is 1. The third kappa shape index (κ3) is 2.37. The highest BCUT2D eigenvalue weighted by molar-refractivity contribution is 5.26. The van der Waals surface area contributed by atoms with Crippen LogP contribution >= 0.6 is 0 Å². The molecule has 62 valence electrons. The lowest BCUT2D eigenvalue weighted by molar-refractivity contribution is 0.828. The number of nitrogens with zero attached hydrogens (tertiary/aromatic N) is 1. The fraction of sp³-hybridized carbons (Fsp3) is 0.300. The Morgan fingerprint density at radius 3 is 2.83 bits per heavy atom. The molecular formula is C10H12N2. The lowest BCUT2D eigenvalue weighted by Crippen LogP contribution is -2.00. The van der Waals surface area contributed by atoms with Crippen molar-refractivity contribution in [2.24, 2.45) is 5.73 Å². The van der Waals surface area contributed by atoms with Gasteiger partial charge in [0, 0.05) is 6.20 Å². The van der Waals surface area contributed by atoms with Crippen molar-refractivity contribution in [1.29, 1.82) is 0 Å². The van der Waals surface area contributed by atoms with Gasteiger partial charge in [-0.2, -0.15) is 0 Å². The average Bonchev–Trinajstić information content (AvgIpc) is 2.15. The van der Waals surface area contributed by atoms with Crippen LogP contribution in [0.15, 0.2) is 18.3 Å². The molecule has 1 rings (SSSR count). The first-order valence-corrected chi connectivity index (χ1v) is 3.98. The molecule has 1 aromatic rings. The summed E-state index contributed by atoms with van der Waals surface area (Å²) in [4.78, 5) is 4.07. The zero-order chi connectivity index (χ0) is 8.81. The Morgan fingerprint density at radius 1 is 1.50 bits per heavy atom. The Bertz CT molecular complexity index is 269. The summed E-state index contributed by atoms with van der Waals surface area (Å²) >= 11 is 0. The molecular weight excluding hydrogens is 148 g/mol. The molecule has 0 aliphatic heterocycles. The van der Waals surface area contributed by atoms with Crippen molar-refractivity contribution < 1.29 is 0 Å². The van der Waals surface area contributed by atoms with Crippen molar-refractivity contribution in [3.63, 3.8) is 0 Å². The molecule has 0 saturated heterocycles. The van der Waals surface area contributed by atoms with Crippen LogP contribution in [0.5, 0.6) is 0 Å². The SMILES string of the molecule is C#Cc1ccc(CCCN)cn1. The van der Waals surface area contributed by atoms with Gasteiger partial charge < -0.3 is 5.73 Å². The molecule has 0 unspecified atom stereocenters. The molecule has 0 spiro atoms. The molecule has 2 N–H and O–H groups in total. The second kappa shape index (κ2) is 4.53. The molecule has 0 aliphatic rings. The molecule has 0 saturated carbocycles. The van der Waals surface area contributed by atoms with E-state index in [1.807, 2.05) is 18.3 Å². The van der Waals surface area contributed by atoms with Crippen molar-refractivity contribution in [3.05, 3.63) is 29.6 Å². The monoisotopic (exact) mass is 160 g/mol. The van der Waals surface area contributed by atoms with E-state index in [9.17, 15) is 0 Å². The second-order valence-corrected chi connectivity index (χ2v) is 2.59. The number of pyridine rings is 1. The van der Waals surface area contributed by atoms with Gasteiger partial charge in [0.1, 0.15) is 5.69 Å². The van der Waals surface area contributed by atoms with E-state index < -0.39 is 0 Å². The molecule has 0 atom stereocenters. The number of nitrogens with two attached hydrogens (primary N) is 1. The summed E-state index contributed by atoms with van der Waals surface area (Å²) in [6.07, 6.45) is 8.96. The van der Waals surface area contributed by atoms with Gasteiger partial charge in [-0.15, -0.1) is 6.42 Å². The molecule has 0 radical (unpaired) electrons. The molecule has 1 aromatic heterocycles. The minimum atomic E-state index is 0.687. The van der Waals surface area contributed by atoms with Crippen LogP contribution < -0.4 is 5.73 Å². The van der Waals surface area contributed by atoms with Crippen LogP contribution in [-0.2, 0) is 6.42 Å². The van der Waals surface area contributed by atoms with Crippen molar-refractivity contribution in [2.75, 3.05) is 6.54 Å². The highest BCUT2D eigenvalue weighted by Crippen LogP contribution is 2.01. The molecule has 2 heteroatoms.